The number of benzene rings is 1. The van der Waals surface area contributed by atoms with Gasteiger partial charge in [-0.1, -0.05) is 43.5 Å². The summed E-state index contributed by atoms with van der Waals surface area (Å²) < 4.78 is 27.9. The van der Waals surface area contributed by atoms with Crippen molar-refractivity contribution in [1.82, 2.24) is 4.31 Å². The molecule has 4 heteroatoms. The molecule has 0 bridgehead atoms. The fraction of sp³-hybridized carbons (Fsp3) is 0.579. The molecule has 0 spiro atoms. The minimum Gasteiger partial charge on any atom is -0.207 e. The highest BCUT2D eigenvalue weighted by molar-refractivity contribution is 7.93. The Morgan fingerprint density at radius 1 is 0.957 bits per heavy atom. The van der Waals surface area contributed by atoms with E-state index in [0.717, 1.165) is 30.9 Å². The average molecular weight is 331 g/mol. The molecule has 2 atom stereocenters. The third kappa shape index (κ3) is 2.87. The summed E-state index contributed by atoms with van der Waals surface area (Å²) >= 11 is 0. The second kappa shape index (κ2) is 6.06. The Labute approximate surface area is 139 Å². The summed E-state index contributed by atoms with van der Waals surface area (Å²) in [5.41, 5.74) is 2.34. The van der Waals surface area contributed by atoms with E-state index < -0.39 is 10.0 Å². The molecule has 0 N–H and O–H groups in total. The van der Waals surface area contributed by atoms with Crippen molar-refractivity contribution in [3.63, 3.8) is 0 Å². The monoisotopic (exact) mass is 331 g/mol. The van der Waals surface area contributed by atoms with Crippen molar-refractivity contribution in [2.75, 3.05) is 13.1 Å². The molecular weight excluding hydrogens is 306 g/mol. The summed E-state index contributed by atoms with van der Waals surface area (Å²) in [5, 5.41) is 0. The maximum Gasteiger partial charge on any atom is 0.239 e. The van der Waals surface area contributed by atoms with Crippen LogP contribution in [0.1, 0.15) is 49.7 Å². The van der Waals surface area contributed by atoms with Gasteiger partial charge in [0.1, 0.15) is 0 Å². The number of sulfonamides is 1. The molecule has 1 aromatic rings. The molecule has 1 saturated heterocycles. The first-order valence-electron chi connectivity index (χ1n) is 8.93. The molecule has 23 heavy (non-hydrogen) atoms. The van der Waals surface area contributed by atoms with Gasteiger partial charge in [-0.25, -0.2) is 8.42 Å². The summed E-state index contributed by atoms with van der Waals surface area (Å²) in [5.74, 6) is 1.35. The van der Waals surface area contributed by atoms with Crippen LogP contribution < -0.4 is 0 Å². The topological polar surface area (TPSA) is 37.4 Å². The van der Waals surface area contributed by atoms with Gasteiger partial charge in [-0.15, -0.1) is 0 Å². The molecule has 1 saturated carbocycles. The maximum atomic E-state index is 13.1. The third-order valence-electron chi connectivity index (χ3n) is 5.94. The quantitative estimate of drug-likeness (QED) is 0.826. The first kappa shape index (κ1) is 15.4. The van der Waals surface area contributed by atoms with E-state index in [1.807, 2.05) is 24.3 Å². The molecule has 2 fully saturated rings. The Bertz CT molecular complexity index is 723. The van der Waals surface area contributed by atoms with E-state index >= 15 is 0 Å². The van der Waals surface area contributed by atoms with Gasteiger partial charge in [0.15, 0.2) is 0 Å². The fourth-order valence-electron chi connectivity index (χ4n) is 4.56. The summed E-state index contributed by atoms with van der Waals surface area (Å²) in [6, 6.07) is 8.14. The van der Waals surface area contributed by atoms with Crippen LogP contribution in [0.25, 0.3) is 6.08 Å². The van der Waals surface area contributed by atoms with Gasteiger partial charge in [0.25, 0.3) is 0 Å². The van der Waals surface area contributed by atoms with Crippen molar-refractivity contribution in [2.24, 2.45) is 11.8 Å². The zero-order chi connectivity index (χ0) is 15.9. The van der Waals surface area contributed by atoms with Crippen molar-refractivity contribution in [3.05, 3.63) is 40.3 Å². The van der Waals surface area contributed by atoms with E-state index in [0.29, 0.717) is 23.8 Å². The number of hydrogen-bond acceptors (Lipinski definition) is 2. The predicted molar refractivity (Wildman–Crippen MR) is 93.3 cm³/mol. The van der Waals surface area contributed by atoms with Crippen LogP contribution in [0, 0.1) is 11.8 Å². The first-order chi connectivity index (χ1) is 11.1. The molecule has 0 aromatic heterocycles. The lowest BCUT2D eigenvalue weighted by Gasteiger charge is -2.41. The molecule has 124 valence electrons. The molecule has 3 nitrogen and oxygen atoms in total. The lowest BCUT2D eigenvalue weighted by atomic mass is 9.76. The van der Waals surface area contributed by atoms with E-state index in [1.165, 1.54) is 31.2 Å². The zero-order valence-corrected chi connectivity index (χ0v) is 14.4. The van der Waals surface area contributed by atoms with Crippen molar-refractivity contribution in [3.8, 4) is 0 Å². The van der Waals surface area contributed by atoms with E-state index in [1.54, 1.807) is 4.31 Å². The van der Waals surface area contributed by atoms with Crippen LogP contribution in [-0.4, -0.2) is 25.8 Å². The van der Waals surface area contributed by atoms with Crippen molar-refractivity contribution in [1.29, 1.82) is 0 Å². The molecule has 2 aliphatic carbocycles. The van der Waals surface area contributed by atoms with Crippen LogP contribution in [0.3, 0.4) is 0 Å². The zero-order valence-electron chi connectivity index (χ0n) is 13.6. The first-order valence-corrected chi connectivity index (χ1v) is 10.4. The van der Waals surface area contributed by atoms with Gasteiger partial charge < -0.3 is 0 Å². The van der Waals surface area contributed by atoms with Crippen LogP contribution in [-0.2, 0) is 16.4 Å². The van der Waals surface area contributed by atoms with E-state index in [2.05, 4.69) is 6.07 Å². The Morgan fingerprint density at radius 2 is 1.74 bits per heavy atom. The molecule has 0 radical (unpaired) electrons. The molecule has 1 heterocycles. The van der Waals surface area contributed by atoms with Gasteiger partial charge in [-0.2, -0.15) is 4.31 Å². The van der Waals surface area contributed by atoms with Crippen LogP contribution in [0.15, 0.2) is 29.2 Å². The highest BCUT2D eigenvalue weighted by Gasteiger charge is 2.37. The Balaban J connectivity index is 1.58. The second-order valence-corrected chi connectivity index (χ2v) is 9.26. The second-order valence-electron chi connectivity index (χ2n) is 7.27. The van der Waals surface area contributed by atoms with Crippen molar-refractivity contribution >= 4 is 16.1 Å². The SMILES string of the molecule is O=S(=O)(C1=Cc2ccccc2CC1)N1CC[C@@H]2CCCC[C@H]2C1. The van der Waals surface area contributed by atoms with Gasteiger partial charge in [0.05, 0.1) is 4.91 Å². The van der Waals surface area contributed by atoms with Crippen molar-refractivity contribution in [2.45, 2.75) is 44.9 Å². The minimum absolute atomic E-state index is 0.587. The van der Waals surface area contributed by atoms with Crippen LogP contribution in [0.4, 0.5) is 0 Å². The molecule has 1 aromatic carbocycles. The molecule has 0 amide bonds. The number of allylic oxidation sites excluding steroid dienone is 1. The van der Waals surface area contributed by atoms with Gasteiger partial charge in [-0.05, 0) is 54.7 Å². The third-order valence-corrected chi connectivity index (χ3v) is 7.93. The number of hydrogen-bond donors (Lipinski definition) is 0. The molecule has 0 unspecified atom stereocenters. The Morgan fingerprint density at radius 3 is 2.61 bits per heavy atom. The highest BCUT2D eigenvalue weighted by Crippen LogP contribution is 2.38. The Hall–Kier alpha value is -1.13. The molecular formula is C19H25NO2S. The normalized spacial score (nSPS) is 28.6. The van der Waals surface area contributed by atoms with Gasteiger partial charge in [0, 0.05) is 13.1 Å². The van der Waals surface area contributed by atoms with Crippen LogP contribution in [0.5, 0.6) is 0 Å². The van der Waals surface area contributed by atoms with Crippen molar-refractivity contribution < 1.29 is 8.42 Å². The Kier molecular flexibility index (Phi) is 4.06. The fourth-order valence-corrected chi connectivity index (χ4v) is 6.26. The van der Waals surface area contributed by atoms with Gasteiger partial charge in [-0.3, -0.25) is 0 Å². The molecule has 3 aliphatic rings. The number of aryl methyl sites for hydroxylation is 1. The number of piperidine rings is 1. The standard InChI is InChI=1S/C19H25NO2S/c21-23(22,19-10-9-15-5-1-3-7-17(15)13-19)20-12-11-16-6-2-4-8-18(16)14-20/h1,3,5,7,13,16,18H,2,4,6,8-12,14H2/t16-,18-/m0/s1. The lowest BCUT2D eigenvalue weighted by molar-refractivity contribution is 0.137. The smallest absolute Gasteiger partial charge is 0.207 e. The summed E-state index contributed by atoms with van der Waals surface area (Å²) in [7, 11) is -3.28. The van der Waals surface area contributed by atoms with Gasteiger partial charge in [0.2, 0.25) is 10.0 Å². The van der Waals surface area contributed by atoms with E-state index in [9.17, 15) is 8.42 Å². The molecule has 4 rings (SSSR count). The number of nitrogens with zero attached hydrogens (tertiary/aromatic N) is 1. The average Bonchev–Trinajstić information content (AvgIpc) is 2.61. The van der Waals surface area contributed by atoms with E-state index in [4.69, 9.17) is 0 Å². The van der Waals surface area contributed by atoms with E-state index in [-0.39, 0.29) is 0 Å². The summed E-state index contributed by atoms with van der Waals surface area (Å²) in [6.45, 7) is 1.45. The number of rotatable bonds is 2. The van der Waals surface area contributed by atoms with Crippen LogP contribution >= 0.6 is 0 Å². The number of fused-ring (bicyclic) bond motifs is 2. The largest absolute Gasteiger partial charge is 0.239 e. The van der Waals surface area contributed by atoms with Crippen LogP contribution in [0.2, 0.25) is 0 Å². The van der Waals surface area contributed by atoms with Gasteiger partial charge >= 0.3 is 0 Å². The summed E-state index contributed by atoms with van der Waals surface area (Å²) in [6.07, 6.45) is 9.54. The summed E-state index contributed by atoms with van der Waals surface area (Å²) in [4.78, 5) is 0.616. The maximum absolute atomic E-state index is 13.1. The molecule has 1 aliphatic heterocycles. The highest BCUT2D eigenvalue weighted by atomic mass is 32.2. The minimum atomic E-state index is -3.28. The predicted octanol–water partition coefficient (Wildman–Crippen LogP) is 3.82. The lowest BCUT2D eigenvalue weighted by Crippen LogP contribution is -2.45.